The highest BCUT2D eigenvalue weighted by atomic mass is 16.1. The van der Waals surface area contributed by atoms with Gasteiger partial charge < -0.3 is 4.98 Å². The average molecular weight is 321 g/mol. The fourth-order valence-electron chi connectivity index (χ4n) is 3.15. The summed E-state index contributed by atoms with van der Waals surface area (Å²) in [5, 5.41) is 7.17. The lowest BCUT2D eigenvalue weighted by atomic mass is 10.1. The Morgan fingerprint density at radius 1 is 1.08 bits per heavy atom. The van der Waals surface area contributed by atoms with E-state index in [1.807, 2.05) is 30.4 Å². The third-order valence-corrected chi connectivity index (χ3v) is 4.50. The molecule has 0 atom stereocenters. The van der Waals surface area contributed by atoms with Crippen LogP contribution in [0.3, 0.4) is 0 Å². The van der Waals surface area contributed by atoms with Gasteiger partial charge in [0.25, 0.3) is 5.56 Å². The van der Waals surface area contributed by atoms with Crippen molar-refractivity contribution in [3.05, 3.63) is 79.3 Å². The molecule has 3 rings (SSSR count). The van der Waals surface area contributed by atoms with E-state index in [0.29, 0.717) is 5.22 Å². The SMILES string of the molecule is CCc1c(C)[nH]c(C=c2c(=O)[nH][nH]c2=CCc2ccccc2)c1C. The molecule has 1 aromatic carbocycles. The Kier molecular flexibility index (Phi) is 4.56. The van der Waals surface area contributed by atoms with Crippen molar-refractivity contribution in [2.24, 2.45) is 0 Å². The molecule has 0 aliphatic carbocycles. The van der Waals surface area contributed by atoms with Gasteiger partial charge >= 0.3 is 0 Å². The molecule has 0 spiro atoms. The van der Waals surface area contributed by atoms with Crippen LogP contribution in [0.25, 0.3) is 12.2 Å². The molecular weight excluding hydrogens is 298 g/mol. The molecule has 0 bridgehead atoms. The smallest absolute Gasteiger partial charge is 0.271 e. The molecule has 0 unspecified atom stereocenters. The summed E-state index contributed by atoms with van der Waals surface area (Å²) < 4.78 is 0. The lowest BCUT2D eigenvalue weighted by Gasteiger charge is -1.95. The second-order valence-electron chi connectivity index (χ2n) is 6.07. The molecule has 3 N–H and O–H groups in total. The summed E-state index contributed by atoms with van der Waals surface area (Å²) in [7, 11) is 0. The Hall–Kier alpha value is -2.75. The zero-order valence-corrected chi connectivity index (χ0v) is 14.4. The van der Waals surface area contributed by atoms with Gasteiger partial charge in [0.05, 0.1) is 10.6 Å². The van der Waals surface area contributed by atoms with Crippen LogP contribution < -0.4 is 16.1 Å². The van der Waals surface area contributed by atoms with E-state index < -0.39 is 0 Å². The average Bonchev–Trinajstić information content (AvgIpc) is 3.07. The number of aryl methyl sites for hydroxylation is 1. The molecule has 0 aliphatic rings. The van der Waals surface area contributed by atoms with Gasteiger partial charge in [-0.3, -0.25) is 15.0 Å². The molecule has 2 aromatic heterocycles. The zero-order valence-electron chi connectivity index (χ0n) is 14.4. The first kappa shape index (κ1) is 16.1. The van der Waals surface area contributed by atoms with E-state index in [-0.39, 0.29) is 5.56 Å². The Bertz CT molecular complexity index is 1000. The fourth-order valence-corrected chi connectivity index (χ4v) is 3.15. The maximum atomic E-state index is 12.2. The molecule has 124 valence electrons. The van der Waals surface area contributed by atoms with Gasteiger partial charge in [-0.05, 0) is 49.5 Å². The van der Waals surface area contributed by atoms with Gasteiger partial charge in [-0.25, -0.2) is 0 Å². The summed E-state index contributed by atoms with van der Waals surface area (Å²) >= 11 is 0. The monoisotopic (exact) mass is 321 g/mol. The topological polar surface area (TPSA) is 64.4 Å². The van der Waals surface area contributed by atoms with E-state index in [1.165, 1.54) is 22.4 Å². The third kappa shape index (κ3) is 3.13. The molecule has 0 amide bonds. The molecule has 2 heterocycles. The number of aromatic amines is 3. The molecular formula is C20H23N3O. The third-order valence-electron chi connectivity index (χ3n) is 4.50. The minimum atomic E-state index is -0.0981. The number of aromatic nitrogens is 3. The fraction of sp³-hybridized carbons (Fsp3) is 0.250. The normalized spacial score (nSPS) is 13.0. The molecule has 0 fully saturated rings. The van der Waals surface area contributed by atoms with Crippen LogP contribution in [0, 0.1) is 13.8 Å². The second-order valence-corrected chi connectivity index (χ2v) is 6.07. The Balaban J connectivity index is 2.06. The first-order chi connectivity index (χ1) is 11.6. The second kappa shape index (κ2) is 6.79. The summed E-state index contributed by atoms with van der Waals surface area (Å²) in [6.45, 7) is 6.32. The van der Waals surface area contributed by atoms with E-state index in [0.717, 1.165) is 23.9 Å². The van der Waals surface area contributed by atoms with Crippen LogP contribution >= 0.6 is 0 Å². The van der Waals surface area contributed by atoms with Crippen molar-refractivity contribution >= 4 is 12.2 Å². The summed E-state index contributed by atoms with van der Waals surface area (Å²) in [6, 6.07) is 10.2. The molecule has 0 radical (unpaired) electrons. The Labute approximate surface area is 140 Å². The predicted molar refractivity (Wildman–Crippen MR) is 98.5 cm³/mol. The van der Waals surface area contributed by atoms with Gasteiger partial charge in [0.15, 0.2) is 0 Å². The van der Waals surface area contributed by atoms with Crippen LogP contribution in [-0.4, -0.2) is 15.2 Å². The van der Waals surface area contributed by atoms with Crippen LogP contribution in [0.15, 0.2) is 35.1 Å². The highest BCUT2D eigenvalue weighted by Crippen LogP contribution is 2.18. The number of rotatable bonds is 4. The summed E-state index contributed by atoms with van der Waals surface area (Å²) in [6.07, 6.45) is 5.75. The summed E-state index contributed by atoms with van der Waals surface area (Å²) in [4.78, 5) is 15.6. The van der Waals surface area contributed by atoms with Crippen LogP contribution in [0.2, 0.25) is 0 Å². The maximum Gasteiger partial charge on any atom is 0.271 e. The molecule has 0 saturated heterocycles. The van der Waals surface area contributed by atoms with Crippen molar-refractivity contribution in [1.29, 1.82) is 0 Å². The first-order valence-corrected chi connectivity index (χ1v) is 8.30. The number of hydrogen-bond donors (Lipinski definition) is 3. The van der Waals surface area contributed by atoms with Gasteiger partial charge in [0.2, 0.25) is 0 Å². The number of hydrogen-bond acceptors (Lipinski definition) is 1. The molecule has 0 saturated carbocycles. The largest absolute Gasteiger partial charge is 0.359 e. The van der Waals surface area contributed by atoms with E-state index >= 15 is 0 Å². The number of nitrogens with one attached hydrogen (secondary N) is 3. The van der Waals surface area contributed by atoms with Crippen LogP contribution in [0.5, 0.6) is 0 Å². The van der Waals surface area contributed by atoms with Crippen molar-refractivity contribution in [3.63, 3.8) is 0 Å². The quantitative estimate of drug-likeness (QED) is 0.677. The van der Waals surface area contributed by atoms with E-state index in [2.05, 4.69) is 48.1 Å². The standard InChI is InChI=1S/C20H23N3O/c1-4-16-13(2)19(21-14(16)3)12-17-18(22-23-20(17)24)11-10-15-8-6-5-7-9-15/h5-9,11-12,21-22H,4,10H2,1-3H3,(H,23,24). The van der Waals surface area contributed by atoms with E-state index in [1.54, 1.807) is 0 Å². The Morgan fingerprint density at radius 3 is 2.50 bits per heavy atom. The lowest BCUT2D eigenvalue weighted by Crippen LogP contribution is -2.33. The van der Waals surface area contributed by atoms with E-state index in [9.17, 15) is 4.79 Å². The van der Waals surface area contributed by atoms with Gasteiger partial charge in [-0.2, -0.15) is 0 Å². The summed E-state index contributed by atoms with van der Waals surface area (Å²) in [5.41, 5.74) is 5.82. The van der Waals surface area contributed by atoms with Crippen molar-refractivity contribution in [2.75, 3.05) is 0 Å². The summed E-state index contributed by atoms with van der Waals surface area (Å²) in [5.74, 6) is 0. The van der Waals surface area contributed by atoms with Gasteiger partial charge in [0, 0.05) is 11.4 Å². The van der Waals surface area contributed by atoms with Gasteiger partial charge in [-0.15, -0.1) is 0 Å². The molecule has 4 heteroatoms. The van der Waals surface area contributed by atoms with Crippen molar-refractivity contribution in [1.82, 2.24) is 15.2 Å². The van der Waals surface area contributed by atoms with Crippen LogP contribution in [0.1, 0.15) is 35.0 Å². The van der Waals surface area contributed by atoms with E-state index in [4.69, 9.17) is 0 Å². The highest BCUT2D eigenvalue weighted by molar-refractivity contribution is 5.54. The molecule has 4 nitrogen and oxygen atoms in total. The highest BCUT2D eigenvalue weighted by Gasteiger charge is 2.08. The van der Waals surface area contributed by atoms with Gasteiger partial charge in [-0.1, -0.05) is 43.3 Å². The number of benzene rings is 1. The van der Waals surface area contributed by atoms with Crippen molar-refractivity contribution < 1.29 is 0 Å². The minimum absolute atomic E-state index is 0.0981. The van der Waals surface area contributed by atoms with Crippen LogP contribution in [-0.2, 0) is 12.8 Å². The number of H-pyrrole nitrogens is 3. The maximum absolute atomic E-state index is 12.2. The van der Waals surface area contributed by atoms with Crippen molar-refractivity contribution in [2.45, 2.75) is 33.6 Å². The zero-order chi connectivity index (χ0) is 17.1. The Morgan fingerprint density at radius 2 is 1.83 bits per heavy atom. The molecule has 3 aromatic rings. The molecule has 0 aliphatic heterocycles. The van der Waals surface area contributed by atoms with Crippen LogP contribution in [0.4, 0.5) is 0 Å². The lowest BCUT2D eigenvalue weighted by molar-refractivity contribution is 1.03. The molecule has 24 heavy (non-hydrogen) atoms. The predicted octanol–water partition coefficient (Wildman–Crippen LogP) is 2.06. The van der Waals surface area contributed by atoms with Crippen molar-refractivity contribution in [3.8, 4) is 0 Å². The minimum Gasteiger partial charge on any atom is -0.359 e. The first-order valence-electron chi connectivity index (χ1n) is 8.30. The van der Waals surface area contributed by atoms with Gasteiger partial charge in [0.1, 0.15) is 0 Å².